The standard InChI is InChI=1S/C28H24ClN3O5S/c1-35-14-15-36-23-10-9-17(16-20(23)29)32-26(25(31-28(32)38)21-8-4-5-13-30-21)24-12-11-22(37-24)18-6-2-3-7-19(18)27(33)34/h2-13,16,25-26H,14-15H2,1H3,(H,31,38)(H,33,34)/t25-,26-/m1/s1. The van der Waals surface area contributed by atoms with Crippen molar-refractivity contribution < 1.29 is 23.8 Å². The Bertz CT molecular complexity index is 1460. The predicted molar refractivity (Wildman–Crippen MR) is 148 cm³/mol. The van der Waals surface area contributed by atoms with Gasteiger partial charge < -0.3 is 29.2 Å². The number of hydrogen-bond donors (Lipinski definition) is 2. The summed E-state index contributed by atoms with van der Waals surface area (Å²) in [5.41, 5.74) is 2.15. The molecule has 0 amide bonds. The lowest BCUT2D eigenvalue weighted by Gasteiger charge is -2.26. The number of carboxylic acid groups (broad SMARTS) is 1. The number of carbonyl (C=O) groups is 1. The van der Waals surface area contributed by atoms with Crippen molar-refractivity contribution in [3.05, 3.63) is 101 Å². The Kier molecular flexibility index (Phi) is 7.59. The highest BCUT2D eigenvalue weighted by Crippen LogP contribution is 2.44. The highest BCUT2D eigenvalue weighted by atomic mass is 35.5. The summed E-state index contributed by atoms with van der Waals surface area (Å²) >= 11 is 12.3. The fraction of sp³-hybridized carbons (Fsp3) is 0.179. The summed E-state index contributed by atoms with van der Waals surface area (Å²) < 4.78 is 17.1. The van der Waals surface area contributed by atoms with Crippen molar-refractivity contribution in [2.45, 2.75) is 12.1 Å². The van der Waals surface area contributed by atoms with Crippen molar-refractivity contribution in [2.24, 2.45) is 0 Å². The summed E-state index contributed by atoms with van der Waals surface area (Å²) in [6.07, 6.45) is 1.72. The van der Waals surface area contributed by atoms with Gasteiger partial charge in [0, 0.05) is 24.6 Å². The molecule has 3 heterocycles. The van der Waals surface area contributed by atoms with Crippen LogP contribution in [-0.4, -0.2) is 41.5 Å². The molecule has 1 aliphatic heterocycles. The normalized spacial score (nSPS) is 16.9. The molecule has 0 saturated carbocycles. The second-order valence-corrected chi connectivity index (χ2v) is 9.30. The van der Waals surface area contributed by atoms with Gasteiger partial charge in [0.1, 0.15) is 29.9 Å². The van der Waals surface area contributed by atoms with E-state index in [1.54, 1.807) is 55.8 Å². The third-order valence-corrected chi connectivity index (χ3v) is 6.79. The number of anilines is 1. The van der Waals surface area contributed by atoms with Crippen LogP contribution in [-0.2, 0) is 4.74 Å². The molecule has 1 aliphatic rings. The third-order valence-electron chi connectivity index (χ3n) is 6.18. The second-order valence-electron chi connectivity index (χ2n) is 8.51. The van der Waals surface area contributed by atoms with E-state index in [4.69, 9.17) is 37.7 Å². The number of nitrogens with one attached hydrogen (secondary N) is 1. The lowest BCUT2D eigenvalue weighted by molar-refractivity contribution is 0.0697. The van der Waals surface area contributed by atoms with Gasteiger partial charge in [0.2, 0.25) is 0 Å². The molecular formula is C28H24ClN3O5S. The number of halogens is 1. The summed E-state index contributed by atoms with van der Waals surface area (Å²) in [7, 11) is 1.61. The number of aromatic nitrogens is 1. The molecule has 1 fully saturated rings. The summed E-state index contributed by atoms with van der Waals surface area (Å²) in [6.45, 7) is 0.814. The molecular weight excluding hydrogens is 526 g/mol. The molecule has 10 heteroatoms. The Morgan fingerprint density at radius 2 is 1.95 bits per heavy atom. The van der Waals surface area contributed by atoms with Gasteiger partial charge in [-0.2, -0.15) is 0 Å². The smallest absolute Gasteiger partial charge is 0.336 e. The van der Waals surface area contributed by atoms with E-state index in [9.17, 15) is 9.90 Å². The van der Waals surface area contributed by atoms with Gasteiger partial charge in [-0.05, 0) is 60.7 Å². The van der Waals surface area contributed by atoms with E-state index in [2.05, 4.69) is 10.3 Å². The quantitative estimate of drug-likeness (QED) is 0.195. The summed E-state index contributed by atoms with van der Waals surface area (Å²) in [6, 6.07) is 20.7. The molecule has 2 N–H and O–H groups in total. The largest absolute Gasteiger partial charge is 0.490 e. The number of furan rings is 1. The molecule has 2 aromatic carbocycles. The molecule has 194 valence electrons. The number of benzene rings is 2. The minimum absolute atomic E-state index is 0.155. The average molecular weight is 550 g/mol. The van der Waals surface area contributed by atoms with Crippen LogP contribution >= 0.6 is 23.8 Å². The first-order chi connectivity index (χ1) is 18.5. The van der Waals surface area contributed by atoms with Gasteiger partial charge >= 0.3 is 5.97 Å². The van der Waals surface area contributed by atoms with Gasteiger partial charge in [0.25, 0.3) is 0 Å². The Labute approximate surface area is 229 Å². The molecule has 0 radical (unpaired) electrons. The van der Waals surface area contributed by atoms with Crippen LogP contribution in [0.2, 0.25) is 5.02 Å². The molecule has 0 aliphatic carbocycles. The number of nitrogens with zero attached hydrogens (tertiary/aromatic N) is 2. The van der Waals surface area contributed by atoms with Crippen molar-refractivity contribution in [3.8, 4) is 17.1 Å². The zero-order chi connectivity index (χ0) is 26.6. The zero-order valence-corrected chi connectivity index (χ0v) is 21.9. The van der Waals surface area contributed by atoms with Crippen molar-refractivity contribution in [1.82, 2.24) is 10.3 Å². The minimum atomic E-state index is -1.03. The molecule has 8 nitrogen and oxygen atoms in total. The van der Waals surface area contributed by atoms with Gasteiger partial charge in [-0.25, -0.2) is 4.79 Å². The van der Waals surface area contributed by atoms with Gasteiger partial charge in [0.05, 0.1) is 28.9 Å². The van der Waals surface area contributed by atoms with E-state index < -0.39 is 12.0 Å². The van der Waals surface area contributed by atoms with Crippen LogP contribution in [0.3, 0.4) is 0 Å². The predicted octanol–water partition coefficient (Wildman–Crippen LogP) is 5.90. The monoisotopic (exact) mass is 549 g/mol. The van der Waals surface area contributed by atoms with Gasteiger partial charge in [-0.15, -0.1) is 0 Å². The van der Waals surface area contributed by atoms with Crippen molar-refractivity contribution >= 4 is 40.6 Å². The molecule has 2 atom stereocenters. The first-order valence-electron chi connectivity index (χ1n) is 11.8. The fourth-order valence-electron chi connectivity index (χ4n) is 4.45. The summed E-state index contributed by atoms with van der Waals surface area (Å²) in [4.78, 5) is 18.3. The van der Waals surface area contributed by atoms with Crippen molar-refractivity contribution in [1.29, 1.82) is 0 Å². The van der Waals surface area contributed by atoms with E-state index in [0.717, 1.165) is 11.4 Å². The molecule has 0 spiro atoms. The van der Waals surface area contributed by atoms with Crippen molar-refractivity contribution in [3.63, 3.8) is 0 Å². The highest BCUT2D eigenvalue weighted by molar-refractivity contribution is 7.80. The van der Waals surface area contributed by atoms with Crippen LogP contribution < -0.4 is 15.0 Å². The number of ether oxygens (including phenoxy) is 2. The number of methoxy groups -OCH3 is 1. The maximum absolute atomic E-state index is 11.8. The van der Waals surface area contributed by atoms with E-state index in [0.29, 0.717) is 46.2 Å². The Morgan fingerprint density at radius 3 is 2.68 bits per heavy atom. The summed E-state index contributed by atoms with van der Waals surface area (Å²) in [5, 5.41) is 13.9. The fourth-order valence-corrected chi connectivity index (χ4v) is 5.03. The number of thiocarbonyl (C=S) groups is 1. The number of carboxylic acids is 1. The van der Waals surface area contributed by atoms with Crippen LogP contribution in [0.1, 0.15) is 33.9 Å². The Morgan fingerprint density at radius 1 is 1.13 bits per heavy atom. The van der Waals surface area contributed by atoms with Crippen molar-refractivity contribution in [2.75, 3.05) is 25.2 Å². The maximum atomic E-state index is 11.8. The van der Waals surface area contributed by atoms with Crippen LogP contribution in [0.25, 0.3) is 11.3 Å². The topological polar surface area (TPSA) is 97.1 Å². The molecule has 2 aromatic heterocycles. The second kappa shape index (κ2) is 11.2. The molecule has 38 heavy (non-hydrogen) atoms. The third kappa shape index (κ3) is 5.08. The molecule has 0 bridgehead atoms. The molecule has 4 aromatic rings. The Balaban J connectivity index is 1.55. The van der Waals surface area contributed by atoms with Gasteiger partial charge in [-0.1, -0.05) is 35.9 Å². The van der Waals surface area contributed by atoms with E-state index in [-0.39, 0.29) is 11.6 Å². The van der Waals surface area contributed by atoms with E-state index in [1.165, 1.54) is 0 Å². The van der Waals surface area contributed by atoms with E-state index >= 15 is 0 Å². The van der Waals surface area contributed by atoms with Crippen LogP contribution in [0.4, 0.5) is 5.69 Å². The van der Waals surface area contributed by atoms with Crippen LogP contribution in [0.15, 0.2) is 83.4 Å². The average Bonchev–Trinajstić information content (AvgIpc) is 3.55. The van der Waals surface area contributed by atoms with Gasteiger partial charge in [-0.3, -0.25) is 4.98 Å². The molecule has 0 unspecified atom stereocenters. The maximum Gasteiger partial charge on any atom is 0.336 e. The minimum Gasteiger partial charge on any atom is -0.490 e. The zero-order valence-electron chi connectivity index (χ0n) is 20.3. The lowest BCUT2D eigenvalue weighted by Crippen LogP contribution is -2.29. The number of pyridine rings is 1. The van der Waals surface area contributed by atoms with Gasteiger partial charge in [0.15, 0.2) is 5.11 Å². The lowest BCUT2D eigenvalue weighted by atomic mass is 10.0. The Hall–Kier alpha value is -3.92. The first-order valence-corrected chi connectivity index (χ1v) is 12.6. The summed E-state index contributed by atoms with van der Waals surface area (Å²) in [5.74, 6) is 0.529. The number of hydrogen-bond acceptors (Lipinski definition) is 6. The SMILES string of the molecule is COCCOc1ccc(N2C(=S)N[C@H](c3ccccn3)[C@H]2c2ccc(-c3ccccc3C(=O)O)o2)cc1Cl. The van der Waals surface area contributed by atoms with Crippen LogP contribution in [0, 0.1) is 0 Å². The number of rotatable bonds is 9. The molecule has 1 saturated heterocycles. The molecule has 5 rings (SSSR count). The highest BCUT2D eigenvalue weighted by Gasteiger charge is 2.42. The van der Waals surface area contributed by atoms with Crippen LogP contribution in [0.5, 0.6) is 5.75 Å². The first kappa shape index (κ1) is 25.7. The van der Waals surface area contributed by atoms with E-state index in [1.807, 2.05) is 35.2 Å². The number of aromatic carboxylic acids is 1.